The zero-order valence-corrected chi connectivity index (χ0v) is 10.4. The maximum atomic E-state index is 6.30. The normalized spacial score (nSPS) is 25.4. The average molecular weight is 240 g/mol. The lowest BCUT2D eigenvalue weighted by molar-refractivity contribution is 0.380. The van der Waals surface area contributed by atoms with E-state index >= 15 is 0 Å². The van der Waals surface area contributed by atoms with Crippen molar-refractivity contribution in [1.29, 1.82) is 0 Å². The molecular weight excluding hydrogens is 222 g/mol. The fourth-order valence-electron chi connectivity index (χ4n) is 2.15. The van der Waals surface area contributed by atoms with Gasteiger partial charge in [-0.1, -0.05) is 12.8 Å². The third-order valence-corrected chi connectivity index (χ3v) is 3.71. The summed E-state index contributed by atoms with van der Waals surface area (Å²) in [4.78, 5) is 8.50. The number of rotatable bonds is 3. The van der Waals surface area contributed by atoms with E-state index < -0.39 is 0 Å². The van der Waals surface area contributed by atoms with E-state index in [9.17, 15) is 0 Å². The standard InChI is InChI=1S/C12H18ClN3/c1-9-6-7-14-12(16-9)15-8-10-4-2-3-5-11(10)13/h6-7,10-11H,2-5,8H2,1H3,(H,14,15,16). The molecule has 1 aromatic rings. The van der Waals surface area contributed by atoms with Crippen LogP contribution >= 0.6 is 11.6 Å². The van der Waals surface area contributed by atoms with Gasteiger partial charge in [-0.05, 0) is 31.7 Å². The lowest BCUT2D eigenvalue weighted by Crippen LogP contribution is -2.27. The Morgan fingerprint density at radius 3 is 3.00 bits per heavy atom. The monoisotopic (exact) mass is 239 g/mol. The number of nitrogens with one attached hydrogen (secondary N) is 1. The predicted octanol–water partition coefficient (Wildman–Crippen LogP) is 2.99. The van der Waals surface area contributed by atoms with Gasteiger partial charge in [-0.15, -0.1) is 11.6 Å². The second-order valence-corrected chi connectivity index (χ2v) is 5.02. The van der Waals surface area contributed by atoms with E-state index in [4.69, 9.17) is 11.6 Å². The molecule has 0 aliphatic heterocycles. The maximum absolute atomic E-state index is 6.30. The summed E-state index contributed by atoms with van der Waals surface area (Å²) in [5, 5.41) is 3.59. The fourth-order valence-corrected chi connectivity index (χ4v) is 2.52. The second kappa shape index (κ2) is 5.48. The summed E-state index contributed by atoms with van der Waals surface area (Å²) in [6.07, 6.45) is 6.70. The zero-order chi connectivity index (χ0) is 11.4. The molecule has 2 rings (SSSR count). The van der Waals surface area contributed by atoms with Crippen LogP contribution in [0.1, 0.15) is 31.4 Å². The number of alkyl halides is 1. The van der Waals surface area contributed by atoms with Gasteiger partial charge in [0.05, 0.1) is 0 Å². The van der Waals surface area contributed by atoms with Gasteiger partial charge in [0.1, 0.15) is 0 Å². The molecule has 1 heterocycles. The molecule has 1 aliphatic rings. The van der Waals surface area contributed by atoms with Gasteiger partial charge in [0.15, 0.2) is 0 Å². The van der Waals surface area contributed by atoms with Crippen molar-refractivity contribution in [2.75, 3.05) is 11.9 Å². The first-order chi connectivity index (χ1) is 7.75. The molecule has 1 fully saturated rings. The SMILES string of the molecule is Cc1ccnc(NCC2CCCCC2Cl)n1. The number of hydrogen-bond donors (Lipinski definition) is 1. The van der Waals surface area contributed by atoms with Crippen LogP contribution in [0.3, 0.4) is 0 Å². The Kier molecular flexibility index (Phi) is 3.99. The van der Waals surface area contributed by atoms with Crippen molar-refractivity contribution in [2.45, 2.75) is 38.0 Å². The number of halogens is 1. The molecule has 2 unspecified atom stereocenters. The molecule has 4 heteroatoms. The minimum Gasteiger partial charge on any atom is -0.354 e. The van der Waals surface area contributed by atoms with E-state index in [0.29, 0.717) is 11.3 Å². The molecule has 0 radical (unpaired) electrons. The number of aryl methyl sites for hydroxylation is 1. The summed E-state index contributed by atoms with van der Waals surface area (Å²) in [5.74, 6) is 1.27. The van der Waals surface area contributed by atoms with Gasteiger partial charge in [0.2, 0.25) is 5.95 Å². The topological polar surface area (TPSA) is 37.8 Å². The van der Waals surface area contributed by atoms with Crippen LogP contribution < -0.4 is 5.32 Å². The molecule has 0 saturated heterocycles. The van der Waals surface area contributed by atoms with Crippen molar-refractivity contribution in [3.8, 4) is 0 Å². The summed E-state index contributed by atoms with van der Waals surface area (Å²) in [6.45, 7) is 2.86. The maximum Gasteiger partial charge on any atom is 0.222 e. The van der Waals surface area contributed by atoms with Crippen LogP contribution in [0.25, 0.3) is 0 Å². The van der Waals surface area contributed by atoms with Crippen LogP contribution in [-0.4, -0.2) is 21.9 Å². The lowest BCUT2D eigenvalue weighted by Gasteiger charge is -2.27. The Labute approximate surface area is 102 Å². The van der Waals surface area contributed by atoms with Crippen molar-refractivity contribution in [3.63, 3.8) is 0 Å². The summed E-state index contributed by atoms with van der Waals surface area (Å²) < 4.78 is 0. The van der Waals surface area contributed by atoms with Gasteiger partial charge in [0, 0.05) is 23.8 Å². The summed E-state index contributed by atoms with van der Waals surface area (Å²) in [5.41, 5.74) is 0.989. The highest BCUT2D eigenvalue weighted by Gasteiger charge is 2.22. The van der Waals surface area contributed by atoms with Crippen molar-refractivity contribution in [3.05, 3.63) is 18.0 Å². The van der Waals surface area contributed by atoms with Crippen molar-refractivity contribution in [2.24, 2.45) is 5.92 Å². The zero-order valence-electron chi connectivity index (χ0n) is 9.62. The summed E-state index contributed by atoms with van der Waals surface area (Å²) >= 11 is 6.30. The Hall–Kier alpha value is -0.830. The number of aromatic nitrogens is 2. The smallest absolute Gasteiger partial charge is 0.222 e. The Balaban J connectivity index is 1.86. The molecule has 1 aromatic heterocycles. The van der Waals surface area contributed by atoms with Gasteiger partial charge in [-0.2, -0.15) is 0 Å². The van der Waals surface area contributed by atoms with Gasteiger partial charge in [-0.25, -0.2) is 9.97 Å². The van der Waals surface area contributed by atoms with E-state index in [1.54, 1.807) is 6.20 Å². The van der Waals surface area contributed by atoms with E-state index in [0.717, 1.165) is 24.6 Å². The quantitative estimate of drug-likeness (QED) is 0.824. The molecule has 1 N–H and O–H groups in total. The molecule has 1 saturated carbocycles. The predicted molar refractivity (Wildman–Crippen MR) is 66.9 cm³/mol. The first kappa shape index (κ1) is 11.6. The molecule has 88 valence electrons. The Morgan fingerprint density at radius 2 is 2.25 bits per heavy atom. The van der Waals surface area contributed by atoms with E-state index in [2.05, 4.69) is 15.3 Å². The first-order valence-corrected chi connectivity index (χ1v) is 6.37. The van der Waals surface area contributed by atoms with Crippen LogP contribution in [0.15, 0.2) is 12.3 Å². The largest absolute Gasteiger partial charge is 0.354 e. The highest BCUT2D eigenvalue weighted by Crippen LogP contribution is 2.28. The van der Waals surface area contributed by atoms with Crippen LogP contribution in [0, 0.1) is 12.8 Å². The molecule has 2 atom stereocenters. The minimum atomic E-state index is 0.311. The second-order valence-electron chi connectivity index (χ2n) is 4.46. The van der Waals surface area contributed by atoms with Gasteiger partial charge < -0.3 is 5.32 Å². The molecule has 1 aliphatic carbocycles. The van der Waals surface area contributed by atoms with Crippen LogP contribution in [0.4, 0.5) is 5.95 Å². The van der Waals surface area contributed by atoms with Crippen LogP contribution in [0.2, 0.25) is 0 Å². The lowest BCUT2D eigenvalue weighted by atomic mass is 9.89. The first-order valence-electron chi connectivity index (χ1n) is 5.93. The number of hydrogen-bond acceptors (Lipinski definition) is 3. The molecule has 0 amide bonds. The Bertz CT molecular complexity index is 343. The Morgan fingerprint density at radius 1 is 1.44 bits per heavy atom. The minimum absolute atomic E-state index is 0.311. The van der Waals surface area contributed by atoms with E-state index in [1.165, 1.54) is 19.3 Å². The summed E-state index contributed by atoms with van der Waals surface area (Å²) in [6, 6.07) is 1.90. The molecular formula is C12H18ClN3. The molecule has 0 spiro atoms. The number of nitrogens with zero attached hydrogens (tertiary/aromatic N) is 2. The third kappa shape index (κ3) is 3.08. The van der Waals surface area contributed by atoms with Crippen molar-refractivity contribution in [1.82, 2.24) is 9.97 Å². The van der Waals surface area contributed by atoms with Crippen LogP contribution in [-0.2, 0) is 0 Å². The highest BCUT2D eigenvalue weighted by molar-refractivity contribution is 6.20. The highest BCUT2D eigenvalue weighted by atomic mass is 35.5. The fraction of sp³-hybridized carbons (Fsp3) is 0.667. The number of anilines is 1. The molecule has 0 bridgehead atoms. The van der Waals surface area contributed by atoms with Crippen LogP contribution in [0.5, 0.6) is 0 Å². The summed E-state index contributed by atoms with van der Waals surface area (Å²) in [7, 11) is 0. The third-order valence-electron chi connectivity index (χ3n) is 3.13. The molecule has 16 heavy (non-hydrogen) atoms. The van der Waals surface area contributed by atoms with Gasteiger partial charge in [0.25, 0.3) is 0 Å². The van der Waals surface area contributed by atoms with E-state index in [1.807, 2.05) is 13.0 Å². The molecule has 3 nitrogen and oxygen atoms in total. The van der Waals surface area contributed by atoms with Crippen molar-refractivity contribution >= 4 is 17.5 Å². The van der Waals surface area contributed by atoms with E-state index in [-0.39, 0.29) is 0 Å². The average Bonchev–Trinajstić information content (AvgIpc) is 2.28. The van der Waals surface area contributed by atoms with Gasteiger partial charge in [-0.3, -0.25) is 0 Å². The van der Waals surface area contributed by atoms with Crippen molar-refractivity contribution < 1.29 is 0 Å². The molecule has 0 aromatic carbocycles. The van der Waals surface area contributed by atoms with Gasteiger partial charge >= 0.3 is 0 Å².